The van der Waals surface area contributed by atoms with Gasteiger partial charge in [-0.25, -0.2) is 5.43 Å². The molecule has 0 saturated heterocycles. The van der Waals surface area contributed by atoms with Crippen LogP contribution in [-0.4, -0.2) is 35.7 Å². The maximum atomic E-state index is 12.1. The van der Waals surface area contributed by atoms with E-state index in [4.69, 9.17) is 14.2 Å². The highest BCUT2D eigenvalue weighted by atomic mass is 16.6. The Hall–Kier alpha value is -5.00. The second-order valence-corrected chi connectivity index (χ2v) is 8.14. The van der Waals surface area contributed by atoms with Crippen molar-refractivity contribution in [3.05, 3.63) is 92.0 Å². The van der Waals surface area contributed by atoms with Gasteiger partial charge in [-0.2, -0.15) is 5.10 Å². The van der Waals surface area contributed by atoms with Gasteiger partial charge in [0.1, 0.15) is 5.75 Å². The van der Waals surface area contributed by atoms with Crippen molar-refractivity contribution in [2.24, 2.45) is 5.10 Å². The van der Waals surface area contributed by atoms with E-state index in [9.17, 15) is 25.0 Å². The number of carbonyl (C=O) groups excluding carboxylic acids is 1. The summed E-state index contributed by atoms with van der Waals surface area (Å²) in [4.78, 5) is 32.8. The largest absolute Gasteiger partial charge is 0.493 e. The predicted molar refractivity (Wildman–Crippen MR) is 139 cm³/mol. The third-order valence-electron chi connectivity index (χ3n) is 5.59. The lowest BCUT2D eigenvalue weighted by atomic mass is 9.99. The third-order valence-corrected chi connectivity index (χ3v) is 5.59. The second-order valence-electron chi connectivity index (χ2n) is 8.14. The molecule has 0 heterocycles. The number of benzene rings is 3. The van der Waals surface area contributed by atoms with Crippen molar-refractivity contribution >= 4 is 23.5 Å². The van der Waals surface area contributed by atoms with Crippen molar-refractivity contribution in [2.75, 3.05) is 13.7 Å². The van der Waals surface area contributed by atoms with Crippen LogP contribution in [0.2, 0.25) is 0 Å². The Balaban J connectivity index is 1.61. The molecule has 12 heteroatoms. The fraction of sp³-hybridized carbons (Fsp3) is 0.231. The summed E-state index contributed by atoms with van der Waals surface area (Å²) in [7, 11) is 1.38. The summed E-state index contributed by atoms with van der Waals surface area (Å²) in [6.07, 6.45) is 2.41. The number of hydrazone groups is 1. The Morgan fingerprint density at radius 1 is 1.00 bits per heavy atom. The molecule has 0 aromatic heterocycles. The summed E-state index contributed by atoms with van der Waals surface area (Å²) in [5.41, 5.74) is 3.10. The van der Waals surface area contributed by atoms with E-state index in [1.165, 1.54) is 31.0 Å². The van der Waals surface area contributed by atoms with Crippen LogP contribution in [0.4, 0.5) is 11.4 Å². The van der Waals surface area contributed by atoms with Gasteiger partial charge in [-0.1, -0.05) is 26.0 Å². The Labute approximate surface area is 218 Å². The van der Waals surface area contributed by atoms with Crippen LogP contribution in [0.25, 0.3) is 0 Å². The van der Waals surface area contributed by atoms with Gasteiger partial charge in [0.05, 0.1) is 29.2 Å². The molecule has 0 radical (unpaired) electrons. The number of hydrogen-bond donors (Lipinski definition) is 1. The molecule has 0 spiro atoms. The van der Waals surface area contributed by atoms with E-state index >= 15 is 0 Å². The van der Waals surface area contributed by atoms with Crippen LogP contribution in [0.5, 0.6) is 23.0 Å². The number of nitro benzene ring substituents is 2. The molecule has 3 aromatic rings. The zero-order valence-electron chi connectivity index (χ0n) is 21.0. The molecule has 0 aliphatic rings. The molecular formula is C26H26N4O8. The molecule has 1 N–H and O–H groups in total. The molecule has 0 aliphatic heterocycles. The van der Waals surface area contributed by atoms with Gasteiger partial charge in [0.2, 0.25) is 5.75 Å². The first kappa shape index (κ1) is 27.6. The first-order valence-electron chi connectivity index (χ1n) is 11.5. The monoisotopic (exact) mass is 522 g/mol. The smallest absolute Gasteiger partial charge is 0.318 e. The minimum atomic E-state index is -0.774. The van der Waals surface area contributed by atoms with Crippen LogP contribution in [-0.2, 0) is 4.79 Å². The van der Waals surface area contributed by atoms with Crippen molar-refractivity contribution < 1.29 is 28.9 Å². The Bertz CT molecular complexity index is 1340. The Kier molecular flexibility index (Phi) is 9.30. The average molecular weight is 523 g/mol. The van der Waals surface area contributed by atoms with Gasteiger partial charge < -0.3 is 14.2 Å². The quantitative estimate of drug-likeness (QED) is 0.190. The molecule has 0 aliphatic carbocycles. The van der Waals surface area contributed by atoms with Crippen molar-refractivity contribution in [2.45, 2.75) is 26.2 Å². The number of ether oxygens (including phenoxy) is 3. The zero-order valence-corrected chi connectivity index (χ0v) is 21.0. The van der Waals surface area contributed by atoms with Crippen LogP contribution in [0.1, 0.15) is 37.3 Å². The molecule has 198 valence electrons. The van der Waals surface area contributed by atoms with E-state index < -0.39 is 27.1 Å². The standard InChI is InChI=1S/C26H26N4O8/c1-4-17(2)19-6-9-21(10-7-19)37-16-26(31)28-27-15-18-5-11-24(25(13-18)36-3)38-23-12-8-20(29(32)33)14-22(23)30(34)35/h5-15,17H,4,16H2,1-3H3,(H,28,31)/b27-15-. The molecule has 1 atom stereocenters. The predicted octanol–water partition coefficient (Wildman–Crippen LogP) is 5.35. The van der Waals surface area contributed by atoms with E-state index in [-0.39, 0.29) is 23.9 Å². The number of carbonyl (C=O) groups is 1. The molecule has 3 aromatic carbocycles. The minimum Gasteiger partial charge on any atom is -0.493 e. The van der Waals surface area contributed by atoms with Crippen molar-refractivity contribution in [3.8, 4) is 23.0 Å². The highest BCUT2D eigenvalue weighted by molar-refractivity contribution is 5.83. The van der Waals surface area contributed by atoms with Gasteiger partial charge in [0, 0.05) is 6.07 Å². The number of methoxy groups -OCH3 is 1. The molecule has 38 heavy (non-hydrogen) atoms. The lowest BCUT2D eigenvalue weighted by Crippen LogP contribution is -2.24. The zero-order chi connectivity index (χ0) is 27.7. The SMILES string of the molecule is CCC(C)c1ccc(OCC(=O)N/N=C\c2ccc(Oc3ccc([N+](=O)[O-])cc3[N+](=O)[O-])c(OC)c2)cc1. The first-order chi connectivity index (χ1) is 18.2. The number of nitro groups is 2. The number of non-ortho nitro benzene ring substituents is 1. The Morgan fingerprint density at radius 3 is 2.34 bits per heavy atom. The summed E-state index contributed by atoms with van der Waals surface area (Å²) in [5.74, 6) is 0.730. The van der Waals surface area contributed by atoms with Crippen LogP contribution in [0.15, 0.2) is 65.8 Å². The number of hydrogen-bond acceptors (Lipinski definition) is 9. The molecule has 0 bridgehead atoms. The number of nitrogens with one attached hydrogen (secondary N) is 1. The number of rotatable bonds is 12. The third kappa shape index (κ3) is 7.26. The van der Waals surface area contributed by atoms with Crippen LogP contribution >= 0.6 is 0 Å². The van der Waals surface area contributed by atoms with Crippen molar-refractivity contribution in [1.82, 2.24) is 5.43 Å². The Morgan fingerprint density at radius 2 is 1.71 bits per heavy atom. The molecule has 0 saturated carbocycles. The lowest BCUT2D eigenvalue weighted by molar-refractivity contribution is -0.394. The minimum absolute atomic E-state index is 0.137. The van der Waals surface area contributed by atoms with E-state index in [0.717, 1.165) is 24.6 Å². The topological polar surface area (TPSA) is 155 Å². The van der Waals surface area contributed by atoms with Crippen LogP contribution in [0, 0.1) is 20.2 Å². The highest BCUT2D eigenvalue weighted by Gasteiger charge is 2.22. The average Bonchev–Trinajstić information content (AvgIpc) is 2.92. The van der Waals surface area contributed by atoms with Gasteiger partial charge in [-0.05, 0) is 59.9 Å². The summed E-state index contributed by atoms with van der Waals surface area (Å²) in [5, 5.41) is 26.2. The highest BCUT2D eigenvalue weighted by Crippen LogP contribution is 2.38. The fourth-order valence-electron chi connectivity index (χ4n) is 3.30. The molecule has 3 rings (SSSR count). The summed E-state index contributed by atoms with van der Waals surface area (Å²) in [6, 6.07) is 15.2. The molecule has 1 amide bonds. The first-order valence-corrected chi connectivity index (χ1v) is 11.5. The van der Waals surface area contributed by atoms with Gasteiger partial charge >= 0.3 is 5.69 Å². The number of nitrogens with zero attached hydrogens (tertiary/aromatic N) is 3. The van der Waals surface area contributed by atoms with Crippen molar-refractivity contribution in [1.29, 1.82) is 0 Å². The van der Waals surface area contributed by atoms with E-state index in [1.807, 2.05) is 24.3 Å². The molecule has 12 nitrogen and oxygen atoms in total. The summed E-state index contributed by atoms with van der Waals surface area (Å²) < 4.78 is 16.4. The maximum absolute atomic E-state index is 12.1. The second kappa shape index (κ2) is 12.8. The van der Waals surface area contributed by atoms with E-state index in [2.05, 4.69) is 24.4 Å². The summed E-state index contributed by atoms with van der Waals surface area (Å²) >= 11 is 0. The fourth-order valence-corrected chi connectivity index (χ4v) is 3.30. The lowest BCUT2D eigenvalue weighted by Gasteiger charge is -2.11. The van der Waals surface area contributed by atoms with Crippen LogP contribution in [0.3, 0.4) is 0 Å². The van der Waals surface area contributed by atoms with Gasteiger partial charge in [-0.3, -0.25) is 25.0 Å². The molecule has 1 unspecified atom stereocenters. The van der Waals surface area contributed by atoms with E-state index in [1.54, 1.807) is 6.07 Å². The molecular weight excluding hydrogens is 496 g/mol. The van der Waals surface area contributed by atoms with E-state index in [0.29, 0.717) is 17.2 Å². The van der Waals surface area contributed by atoms with Crippen molar-refractivity contribution in [3.63, 3.8) is 0 Å². The number of amides is 1. The van der Waals surface area contributed by atoms with Gasteiger partial charge in [0.15, 0.2) is 18.1 Å². The van der Waals surface area contributed by atoms with Gasteiger partial charge in [0.25, 0.3) is 11.6 Å². The summed E-state index contributed by atoms with van der Waals surface area (Å²) in [6.45, 7) is 4.04. The van der Waals surface area contributed by atoms with Gasteiger partial charge in [-0.15, -0.1) is 0 Å². The molecule has 0 fully saturated rings. The maximum Gasteiger partial charge on any atom is 0.318 e. The van der Waals surface area contributed by atoms with Crippen LogP contribution < -0.4 is 19.6 Å². The normalized spacial score (nSPS) is 11.6.